The molecule has 1 aromatic carbocycles. The highest BCUT2D eigenvalue weighted by atomic mass is 35.5. The number of hydrazine groups is 1. The molecule has 1 unspecified atom stereocenters. The molecule has 2 heterocycles. The average Bonchev–Trinajstić information content (AvgIpc) is 3.08. The lowest BCUT2D eigenvalue weighted by atomic mass is 9.92. The molecule has 9 heteroatoms. The second kappa shape index (κ2) is 9.03. The van der Waals surface area contributed by atoms with E-state index in [-0.39, 0.29) is 39.4 Å². The van der Waals surface area contributed by atoms with Crippen LogP contribution in [0.15, 0.2) is 59.7 Å². The van der Waals surface area contributed by atoms with Crippen molar-refractivity contribution in [3.63, 3.8) is 0 Å². The fourth-order valence-corrected chi connectivity index (χ4v) is 3.80. The highest BCUT2D eigenvalue weighted by Gasteiger charge is 2.29. The second-order valence-electron chi connectivity index (χ2n) is 6.86. The molecule has 0 bridgehead atoms. The van der Waals surface area contributed by atoms with Gasteiger partial charge in [-0.1, -0.05) is 31.2 Å². The van der Waals surface area contributed by atoms with Crippen molar-refractivity contribution in [3.05, 3.63) is 82.5 Å². The molecule has 0 amide bonds. The molecule has 2 aliphatic rings. The summed E-state index contributed by atoms with van der Waals surface area (Å²) in [5, 5.41) is 1.45. The monoisotopic (exact) mass is 451 g/mol. The van der Waals surface area contributed by atoms with Crippen LogP contribution < -0.4 is 5.43 Å². The number of methoxy groups -OCH3 is 1. The van der Waals surface area contributed by atoms with Crippen LogP contribution in [-0.2, 0) is 9.53 Å². The van der Waals surface area contributed by atoms with Crippen molar-refractivity contribution in [3.8, 4) is 0 Å². The quantitative estimate of drug-likeness (QED) is 0.514. The minimum absolute atomic E-state index is 0.0463. The molecule has 164 valence electrons. The van der Waals surface area contributed by atoms with Crippen LogP contribution in [0, 0.1) is 11.6 Å². The summed E-state index contributed by atoms with van der Waals surface area (Å²) >= 11 is 6.60. The number of hydrogen-bond acceptors (Lipinski definition) is 5. The molecule has 31 heavy (non-hydrogen) atoms. The third-order valence-electron chi connectivity index (χ3n) is 4.90. The van der Waals surface area contributed by atoms with E-state index in [0.29, 0.717) is 5.70 Å². The number of esters is 1. The first-order valence-electron chi connectivity index (χ1n) is 9.38. The lowest BCUT2D eigenvalue weighted by Crippen LogP contribution is -2.30. The van der Waals surface area contributed by atoms with Gasteiger partial charge in [0.2, 0.25) is 0 Å². The summed E-state index contributed by atoms with van der Waals surface area (Å²) in [5.41, 5.74) is 3.54. The lowest BCUT2D eigenvalue weighted by Gasteiger charge is -2.26. The van der Waals surface area contributed by atoms with Gasteiger partial charge in [0.15, 0.2) is 17.9 Å². The fourth-order valence-electron chi connectivity index (χ4n) is 3.41. The number of alkyl halides is 1. The number of carbonyl (C=O) groups excluding carboxylic acids is 1. The summed E-state index contributed by atoms with van der Waals surface area (Å²) in [7, 11) is 2.85. The van der Waals surface area contributed by atoms with Crippen molar-refractivity contribution < 1.29 is 22.7 Å². The van der Waals surface area contributed by atoms with Crippen molar-refractivity contribution in [2.24, 2.45) is 0 Å². The van der Waals surface area contributed by atoms with Crippen LogP contribution in [0.4, 0.5) is 13.2 Å². The Balaban J connectivity index is 2.14. The number of benzene rings is 1. The van der Waals surface area contributed by atoms with Crippen LogP contribution in [0.25, 0.3) is 11.1 Å². The molecule has 1 aromatic rings. The molecule has 0 aromatic heterocycles. The number of halogens is 4. The molecular weight excluding hydrogens is 431 g/mol. The van der Waals surface area contributed by atoms with Gasteiger partial charge in [-0.2, -0.15) is 5.43 Å². The van der Waals surface area contributed by atoms with E-state index in [4.69, 9.17) is 11.6 Å². The standard InChI is InChI=1S/C22H21ClF3N3O2/c1-5-14(20(23)29-9-8-13(10-12(29)2)22(30)31-4)18-15(6-7-17(24)19(18)25)16-11-28(3)27-21(16)26/h6-11,21,27H,2,5H2,1,3-4H3/b20-14+. The lowest BCUT2D eigenvalue weighted by molar-refractivity contribution is -0.135. The Bertz CT molecular complexity index is 1060. The third kappa shape index (κ3) is 4.26. The van der Waals surface area contributed by atoms with Crippen LogP contribution in [0.3, 0.4) is 0 Å². The molecule has 3 rings (SSSR count). The minimum Gasteiger partial charge on any atom is -0.465 e. The maximum absolute atomic E-state index is 15.0. The van der Waals surface area contributed by atoms with Crippen molar-refractivity contribution in [2.75, 3.05) is 14.2 Å². The van der Waals surface area contributed by atoms with E-state index in [2.05, 4.69) is 16.7 Å². The molecule has 5 nitrogen and oxygen atoms in total. The van der Waals surface area contributed by atoms with Crippen LogP contribution in [0.2, 0.25) is 0 Å². The second-order valence-corrected chi connectivity index (χ2v) is 7.22. The summed E-state index contributed by atoms with van der Waals surface area (Å²) < 4.78 is 48.4. The van der Waals surface area contributed by atoms with E-state index in [0.717, 1.165) is 6.07 Å². The average molecular weight is 452 g/mol. The maximum atomic E-state index is 15.0. The van der Waals surface area contributed by atoms with E-state index in [9.17, 15) is 13.6 Å². The van der Waals surface area contributed by atoms with Gasteiger partial charge in [0.1, 0.15) is 5.16 Å². The topological polar surface area (TPSA) is 44.8 Å². The Hall–Kier alpha value is -2.97. The van der Waals surface area contributed by atoms with Gasteiger partial charge in [0, 0.05) is 36.3 Å². The number of allylic oxidation sites excluding steroid dienone is 2. The van der Waals surface area contributed by atoms with E-state index in [1.165, 1.54) is 47.6 Å². The molecule has 0 fully saturated rings. The van der Waals surface area contributed by atoms with Crippen LogP contribution in [0.1, 0.15) is 24.5 Å². The molecule has 0 saturated heterocycles. The maximum Gasteiger partial charge on any atom is 0.337 e. The normalized spacial score (nSPS) is 19.3. The van der Waals surface area contributed by atoms with Crippen LogP contribution >= 0.6 is 11.6 Å². The highest BCUT2D eigenvalue weighted by Crippen LogP contribution is 2.39. The zero-order chi connectivity index (χ0) is 22.9. The minimum atomic E-state index is -1.60. The van der Waals surface area contributed by atoms with Gasteiger partial charge in [0.05, 0.1) is 12.7 Å². The predicted octanol–water partition coefficient (Wildman–Crippen LogP) is 4.81. The molecule has 1 N–H and O–H groups in total. The zero-order valence-corrected chi connectivity index (χ0v) is 17.9. The van der Waals surface area contributed by atoms with E-state index in [1.54, 1.807) is 14.0 Å². The molecule has 0 saturated carbocycles. The molecule has 0 aliphatic carbocycles. The Morgan fingerprint density at radius 3 is 2.61 bits per heavy atom. The van der Waals surface area contributed by atoms with Gasteiger partial charge in [-0.3, -0.25) is 0 Å². The van der Waals surface area contributed by atoms with Gasteiger partial charge in [-0.05, 0) is 35.8 Å². The Morgan fingerprint density at radius 2 is 2.06 bits per heavy atom. The Morgan fingerprint density at radius 1 is 1.35 bits per heavy atom. The molecule has 0 spiro atoms. The van der Waals surface area contributed by atoms with Gasteiger partial charge in [-0.25, -0.2) is 18.0 Å². The third-order valence-corrected chi connectivity index (χ3v) is 5.31. The number of rotatable bonds is 5. The van der Waals surface area contributed by atoms with E-state index < -0.39 is 23.9 Å². The highest BCUT2D eigenvalue weighted by molar-refractivity contribution is 6.32. The van der Waals surface area contributed by atoms with E-state index >= 15 is 4.39 Å². The first-order valence-corrected chi connectivity index (χ1v) is 9.75. The van der Waals surface area contributed by atoms with Gasteiger partial charge < -0.3 is 14.6 Å². The summed E-state index contributed by atoms with van der Waals surface area (Å²) in [6, 6.07) is 2.27. The van der Waals surface area contributed by atoms with Gasteiger partial charge in [0.25, 0.3) is 0 Å². The summed E-state index contributed by atoms with van der Waals surface area (Å²) in [6.45, 7) is 5.59. The Kier molecular flexibility index (Phi) is 6.62. The fraction of sp³-hybridized carbons (Fsp3) is 0.227. The Labute approximate surface area is 183 Å². The van der Waals surface area contributed by atoms with Crippen LogP contribution in [0.5, 0.6) is 0 Å². The SMILES string of the molecule is C=C1C=C(C(=O)OC)C=CN1/C(Cl)=C(\CC)c1c(C2=CN(C)NC2F)ccc(F)c1F. The first-order chi connectivity index (χ1) is 14.7. The van der Waals surface area contributed by atoms with Crippen molar-refractivity contribution in [1.29, 1.82) is 0 Å². The molecular formula is C22H21ClF3N3O2. The van der Waals surface area contributed by atoms with Gasteiger partial charge >= 0.3 is 5.97 Å². The van der Waals surface area contributed by atoms with Crippen molar-refractivity contribution in [1.82, 2.24) is 15.3 Å². The molecule has 1 atom stereocenters. The number of nitrogens with one attached hydrogen (secondary N) is 1. The number of nitrogens with zero attached hydrogens (tertiary/aromatic N) is 2. The smallest absolute Gasteiger partial charge is 0.337 e. The van der Waals surface area contributed by atoms with Crippen molar-refractivity contribution in [2.45, 2.75) is 19.6 Å². The summed E-state index contributed by atoms with van der Waals surface area (Å²) in [4.78, 5) is 13.2. The predicted molar refractivity (Wildman–Crippen MR) is 113 cm³/mol. The largest absolute Gasteiger partial charge is 0.465 e. The number of carbonyl (C=O) groups is 1. The van der Waals surface area contributed by atoms with Crippen molar-refractivity contribution >= 4 is 28.7 Å². The summed E-state index contributed by atoms with van der Waals surface area (Å²) in [6.07, 6.45) is 4.49. The molecule has 0 radical (unpaired) electrons. The number of ether oxygens (including phenoxy) is 1. The summed E-state index contributed by atoms with van der Waals surface area (Å²) in [5.74, 6) is -2.76. The molecule has 2 aliphatic heterocycles. The number of hydrogen-bond donors (Lipinski definition) is 1. The zero-order valence-electron chi connectivity index (χ0n) is 17.2. The van der Waals surface area contributed by atoms with E-state index in [1.807, 2.05) is 0 Å². The van der Waals surface area contributed by atoms with Crippen LogP contribution in [-0.4, -0.2) is 36.3 Å². The first kappa shape index (κ1) is 22.7. The van der Waals surface area contributed by atoms with Gasteiger partial charge in [-0.15, -0.1) is 0 Å².